The number of para-hydroxylation sites is 1. The molecule has 1 amide bonds. The first-order chi connectivity index (χ1) is 12.8. The number of halogens is 1. The fourth-order valence-corrected chi connectivity index (χ4v) is 3.52. The predicted octanol–water partition coefficient (Wildman–Crippen LogP) is 4.10. The van der Waals surface area contributed by atoms with Gasteiger partial charge in [-0.05, 0) is 55.0 Å². The minimum atomic E-state index is -3.87. The summed E-state index contributed by atoms with van der Waals surface area (Å²) in [6.07, 6.45) is 1.63. The summed E-state index contributed by atoms with van der Waals surface area (Å²) in [5.74, 6) is -0.0956. The Balaban J connectivity index is 1.86. The zero-order valence-electron chi connectivity index (χ0n) is 14.3. The van der Waals surface area contributed by atoms with Crippen molar-refractivity contribution in [2.24, 2.45) is 0 Å². The van der Waals surface area contributed by atoms with Gasteiger partial charge in [0.2, 0.25) is 0 Å². The first kappa shape index (κ1) is 18.9. The number of pyridine rings is 1. The van der Waals surface area contributed by atoms with E-state index in [1.165, 1.54) is 36.4 Å². The van der Waals surface area contributed by atoms with Gasteiger partial charge in [0, 0.05) is 11.2 Å². The largest absolute Gasteiger partial charge is 0.306 e. The SMILES string of the molecule is Cc1ccc(NC(=O)c2ccccc2NS(=O)(=O)c2ccc(Cl)cc2)nc1. The van der Waals surface area contributed by atoms with Crippen molar-refractivity contribution < 1.29 is 13.2 Å². The van der Waals surface area contributed by atoms with Crippen molar-refractivity contribution in [1.29, 1.82) is 0 Å². The number of benzene rings is 2. The van der Waals surface area contributed by atoms with Crippen molar-refractivity contribution >= 4 is 39.0 Å². The van der Waals surface area contributed by atoms with Crippen LogP contribution >= 0.6 is 11.6 Å². The average Bonchev–Trinajstić information content (AvgIpc) is 2.64. The van der Waals surface area contributed by atoms with E-state index in [0.717, 1.165) is 5.56 Å². The van der Waals surface area contributed by atoms with Crippen molar-refractivity contribution in [3.63, 3.8) is 0 Å². The highest BCUT2D eigenvalue weighted by Gasteiger charge is 2.18. The van der Waals surface area contributed by atoms with Crippen LogP contribution < -0.4 is 10.0 Å². The molecule has 2 N–H and O–H groups in total. The number of hydrogen-bond acceptors (Lipinski definition) is 4. The number of amides is 1. The van der Waals surface area contributed by atoms with Crippen molar-refractivity contribution in [1.82, 2.24) is 4.98 Å². The van der Waals surface area contributed by atoms with E-state index in [0.29, 0.717) is 10.8 Å². The third kappa shape index (κ3) is 4.64. The van der Waals surface area contributed by atoms with Crippen LogP contribution in [0.4, 0.5) is 11.5 Å². The lowest BCUT2D eigenvalue weighted by Crippen LogP contribution is -2.19. The number of carbonyl (C=O) groups is 1. The van der Waals surface area contributed by atoms with Crippen LogP contribution in [0.3, 0.4) is 0 Å². The Morgan fingerprint density at radius 3 is 2.37 bits per heavy atom. The van der Waals surface area contributed by atoms with Crippen LogP contribution in [0.5, 0.6) is 0 Å². The highest BCUT2D eigenvalue weighted by atomic mass is 35.5. The van der Waals surface area contributed by atoms with E-state index in [1.54, 1.807) is 24.4 Å². The van der Waals surface area contributed by atoms with Crippen LogP contribution in [-0.2, 0) is 10.0 Å². The highest BCUT2D eigenvalue weighted by Crippen LogP contribution is 2.22. The standard InChI is InChI=1S/C19H16ClN3O3S/c1-13-6-11-18(21-12-13)22-19(24)16-4-2-3-5-17(16)23-27(25,26)15-9-7-14(20)8-10-15/h2-12,23H,1H3,(H,21,22,24). The Labute approximate surface area is 162 Å². The van der Waals surface area contributed by atoms with Crippen LogP contribution in [0.1, 0.15) is 15.9 Å². The smallest absolute Gasteiger partial charge is 0.261 e. The molecule has 0 aliphatic rings. The minimum absolute atomic E-state index is 0.0438. The summed E-state index contributed by atoms with van der Waals surface area (Å²) in [4.78, 5) is 16.7. The van der Waals surface area contributed by atoms with Gasteiger partial charge in [0.1, 0.15) is 5.82 Å². The zero-order chi connectivity index (χ0) is 19.4. The van der Waals surface area contributed by atoms with Gasteiger partial charge in [0.05, 0.1) is 16.1 Å². The zero-order valence-corrected chi connectivity index (χ0v) is 15.9. The third-order valence-corrected chi connectivity index (χ3v) is 5.33. The number of rotatable bonds is 5. The normalized spacial score (nSPS) is 11.0. The molecule has 3 aromatic rings. The van der Waals surface area contributed by atoms with Gasteiger partial charge in [0.25, 0.3) is 15.9 Å². The Hall–Kier alpha value is -2.90. The first-order valence-corrected chi connectivity index (χ1v) is 9.83. The van der Waals surface area contributed by atoms with Crippen LogP contribution in [0.2, 0.25) is 5.02 Å². The number of anilines is 2. The van der Waals surface area contributed by atoms with E-state index in [1.807, 2.05) is 13.0 Å². The number of nitrogens with zero attached hydrogens (tertiary/aromatic N) is 1. The summed E-state index contributed by atoms with van der Waals surface area (Å²) in [5, 5.41) is 3.09. The van der Waals surface area contributed by atoms with Gasteiger partial charge >= 0.3 is 0 Å². The van der Waals surface area contributed by atoms with Crippen LogP contribution in [0, 0.1) is 6.92 Å². The minimum Gasteiger partial charge on any atom is -0.306 e. The summed E-state index contributed by atoms with van der Waals surface area (Å²) in [6, 6.07) is 15.6. The van der Waals surface area contributed by atoms with Crippen molar-refractivity contribution in [3.05, 3.63) is 83.0 Å². The van der Waals surface area contributed by atoms with Gasteiger partial charge in [-0.1, -0.05) is 29.8 Å². The molecule has 2 aromatic carbocycles. The van der Waals surface area contributed by atoms with Gasteiger partial charge in [-0.2, -0.15) is 0 Å². The second-order valence-corrected chi connectivity index (χ2v) is 7.90. The van der Waals surface area contributed by atoms with Crippen LogP contribution in [-0.4, -0.2) is 19.3 Å². The van der Waals surface area contributed by atoms with Gasteiger partial charge in [0.15, 0.2) is 0 Å². The molecule has 0 unspecified atom stereocenters. The molecular formula is C19H16ClN3O3S. The molecule has 0 radical (unpaired) electrons. The van der Waals surface area contributed by atoms with E-state index in [9.17, 15) is 13.2 Å². The fraction of sp³-hybridized carbons (Fsp3) is 0.0526. The molecule has 0 spiro atoms. The fourth-order valence-electron chi connectivity index (χ4n) is 2.31. The summed E-state index contributed by atoms with van der Waals surface area (Å²) in [5.41, 5.74) is 1.30. The second-order valence-electron chi connectivity index (χ2n) is 5.78. The van der Waals surface area contributed by atoms with Crippen molar-refractivity contribution in [2.75, 3.05) is 10.0 Å². The van der Waals surface area contributed by atoms with Crippen molar-refractivity contribution in [2.45, 2.75) is 11.8 Å². The molecule has 0 aliphatic heterocycles. The molecule has 0 saturated heterocycles. The van der Waals surface area contributed by atoms with E-state index in [-0.39, 0.29) is 16.1 Å². The highest BCUT2D eigenvalue weighted by molar-refractivity contribution is 7.92. The number of sulfonamides is 1. The molecule has 6 nitrogen and oxygen atoms in total. The molecule has 0 saturated carbocycles. The number of hydrogen-bond donors (Lipinski definition) is 2. The maximum absolute atomic E-state index is 12.6. The topological polar surface area (TPSA) is 88.2 Å². The summed E-state index contributed by atoms with van der Waals surface area (Å²) in [6.45, 7) is 1.89. The summed E-state index contributed by atoms with van der Waals surface area (Å²) in [7, 11) is -3.87. The molecule has 0 fully saturated rings. The maximum Gasteiger partial charge on any atom is 0.261 e. The Morgan fingerprint density at radius 1 is 1.00 bits per heavy atom. The lowest BCUT2D eigenvalue weighted by atomic mass is 10.1. The lowest BCUT2D eigenvalue weighted by molar-refractivity contribution is 0.102. The molecule has 3 rings (SSSR count). The maximum atomic E-state index is 12.6. The van der Waals surface area contributed by atoms with E-state index in [2.05, 4.69) is 15.0 Å². The van der Waals surface area contributed by atoms with E-state index >= 15 is 0 Å². The van der Waals surface area contributed by atoms with E-state index < -0.39 is 15.9 Å². The van der Waals surface area contributed by atoms with Crippen molar-refractivity contribution in [3.8, 4) is 0 Å². The van der Waals surface area contributed by atoms with Gasteiger partial charge in [-0.15, -0.1) is 0 Å². The monoisotopic (exact) mass is 401 g/mol. The predicted molar refractivity (Wildman–Crippen MR) is 106 cm³/mol. The summed E-state index contributed by atoms with van der Waals surface area (Å²) >= 11 is 5.80. The number of aromatic nitrogens is 1. The van der Waals surface area contributed by atoms with Crippen LogP contribution in [0.15, 0.2) is 71.8 Å². The molecular weight excluding hydrogens is 386 g/mol. The van der Waals surface area contributed by atoms with Crippen LogP contribution in [0.25, 0.3) is 0 Å². The average molecular weight is 402 g/mol. The Bertz CT molecular complexity index is 1070. The number of aryl methyl sites for hydroxylation is 1. The molecule has 1 heterocycles. The lowest BCUT2D eigenvalue weighted by Gasteiger charge is -2.12. The molecule has 138 valence electrons. The van der Waals surface area contributed by atoms with Gasteiger partial charge in [-0.3, -0.25) is 9.52 Å². The number of carbonyl (C=O) groups excluding carboxylic acids is 1. The molecule has 0 atom stereocenters. The quantitative estimate of drug-likeness (QED) is 0.673. The first-order valence-electron chi connectivity index (χ1n) is 7.96. The second kappa shape index (κ2) is 7.77. The molecule has 8 heteroatoms. The van der Waals surface area contributed by atoms with E-state index in [4.69, 9.17) is 11.6 Å². The van der Waals surface area contributed by atoms with Gasteiger partial charge < -0.3 is 5.32 Å². The van der Waals surface area contributed by atoms with Gasteiger partial charge in [-0.25, -0.2) is 13.4 Å². The number of nitrogens with one attached hydrogen (secondary N) is 2. The molecule has 1 aromatic heterocycles. The molecule has 0 aliphatic carbocycles. The Morgan fingerprint density at radius 2 is 1.70 bits per heavy atom. The molecule has 27 heavy (non-hydrogen) atoms. The summed E-state index contributed by atoms with van der Waals surface area (Å²) < 4.78 is 27.6. The third-order valence-electron chi connectivity index (χ3n) is 3.69. The Kier molecular flexibility index (Phi) is 5.43. The molecule has 0 bridgehead atoms.